The van der Waals surface area contributed by atoms with Crippen molar-refractivity contribution in [1.29, 1.82) is 0 Å². The highest BCUT2D eigenvalue weighted by atomic mass is 16.5. The summed E-state index contributed by atoms with van der Waals surface area (Å²) in [4.78, 5) is 15.7. The minimum absolute atomic E-state index is 0.180. The fraction of sp³-hybridized carbons (Fsp3) is 0.176. The first-order chi connectivity index (χ1) is 10.1. The average Bonchev–Trinajstić information content (AvgIpc) is 2.47. The standard InChI is InChI=1S/C17H15NO3/c1-11-9-17(19)21-16-10-13(6-7-14(11)16)20-12(2)15-5-3-4-8-18-15/h3-10,12H,1-2H3. The summed E-state index contributed by atoms with van der Waals surface area (Å²) in [6.45, 7) is 3.81. The fourth-order valence-electron chi connectivity index (χ4n) is 2.26. The van der Waals surface area contributed by atoms with Gasteiger partial charge in [-0.1, -0.05) is 6.07 Å². The lowest BCUT2D eigenvalue weighted by Gasteiger charge is -2.14. The van der Waals surface area contributed by atoms with Crippen LogP contribution in [0, 0.1) is 6.92 Å². The molecule has 0 fully saturated rings. The Balaban J connectivity index is 1.93. The molecule has 3 aromatic rings. The summed E-state index contributed by atoms with van der Waals surface area (Å²) in [5.41, 5.74) is 1.93. The first-order valence-electron chi connectivity index (χ1n) is 6.75. The Morgan fingerprint density at radius 1 is 1.19 bits per heavy atom. The van der Waals surface area contributed by atoms with E-state index in [9.17, 15) is 4.79 Å². The Morgan fingerprint density at radius 2 is 2.05 bits per heavy atom. The summed E-state index contributed by atoms with van der Waals surface area (Å²) in [6, 6.07) is 12.7. The maximum Gasteiger partial charge on any atom is 0.336 e. The number of hydrogen-bond acceptors (Lipinski definition) is 4. The van der Waals surface area contributed by atoms with Crippen LogP contribution < -0.4 is 10.4 Å². The second-order valence-electron chi connectivity index (χ2n) is 4.92. The lowest BCUT2D eigenvalue weighted by atomic mass is 10.1. The van der Waals surface area contributed by atoms with Crippen LogP contribution >= 0.6 is 0 Å². The van der Waals surface area contributed by atoms with Crippen LogP contribution in [-0.2, 0) is 0 Å². The third-order valence-electron chi connectivity index (χ3n) is 3.34. The van der Waals surface area contributed by atoms with E-state index in [-0.39, 0.29) is 11.7 Å². The third kappa shape index (κ3) is 2.79. The molecule has 0 saturated carbocycles. The van der Waals surface area contributed by atoms with Crippen molar-refractivity contribution in [2.75, 3.05) is 0 Å². The molecule has 0 amide bonds. The van der Waals surface area contributed by atoms with Crippen LogP contribution in [0.4, 0.5) is 0 Å². The van der Waals surface area contributed by atoms with Gasteiger partial charge in [0.05, 0.1) is 5.69 Å². The number of pyridine rings is 1. The molecule has 0 bridgehead atoms. The van der Waals surface area contributed by atoms with Crippen molar-refractivity contribution >= 4 is 11.0 Å². The van der Waals surface area contributed by atoms with E-state index in [2.05, 4.69) is 4.98 Å². The van der Waals surface area contributed by atoms with E-state index in [1.165, 1.54) is 6.07 Å². The van der Waals surface area contributed by atoms with E-state index in [4.69, 9.17) is 9.15 Å². The zero-order valence-electron chi connectivity index (χ0n) is 11.9. The van der Waals surface area contributed by atoms with E-state index in [1.54, 1.807) is 12.3 Å². The Morgan fingerprint density at radius 3 is 2.81 bits per heavy atom. The van der Waals surface area contributed by atoms with Gasteiger partial charge in [0.2, 0.25) is 0 Å². The number of nitrogens with zero attached hydrogens (tertiary/aromatic N) is 1. The molecule has 0 N–H and O–H groups in total. The summed E-state index contributed by atoms with van der Waals surface area (Å²) in [5, 5.41) is 0.910. The highest BCUT2D eigenvalue weighted by molar-refractivity contribution is 5.81. The number of aromatic nitrogens is 1. The van der Waals surface area contributed by atoms with Gasteiger partial charge in [0.15, 0.2) is 0 Å². The van der Waals surface area contributed by atoms with Gasteiger partial charge in [0.25, 0.3) is 0 Å². The number of benzene rings is 1. The van der Waals surface area contributed by atoms with Crippen molar-refractivity contribution in [2.24, 2.45) is 0 Å². The number of aryl methyl sites for hydroxylation is 1. The lowest BCUT2D eigenvalue weighted by molar-refractivity contribution is 0.222. The molecule has 0 aliphatic heterocycles. The second-order valence-corrected chi connectivity index (χ2v) is 4.92. The number of ether oxygens (including phenoxy) is 1. The Labute approximate surface area is 122 Å². The predicted molar refractivity (Wildman–Crippen MR) is 80.5 cm³/mol. The molecular formula is C17H15NO3. The Kier molecular flexibility index (Phi) is 3.44. The van der Waals surface area contributed by atoms with Crippen LogP contribution in [0.1, 0.15) is 24.3 Å². The first-order valence-corrected chi connectivity index (χ1v) is 6.75. The molecule has 0 aliphatic rings. The Bertz CT molecular complexity index is 824. The van der Waals surface area contributed by atoms with Crippen LogP contribution in [0.3, 0.4) is 0 Å². The summed E-state index contributed by atoms with van der Waals surface area (Å²) < 4.78 is 11.1. The average molecular weight is 281 g/mol. The van der Waals surface area contributed by atoms with E-state index < -0.39 is 0 Å². The summed E-state index contributed by atoms with van der Waals surface area (Å²) in [6.07, 6.45) is 1.55. The van der Waals surface area contributed by atoms with Crippen LogP contribution in [0.5, 0.6) is 5.75 Å². The van der Waals surface area contributed by atoms with Crippen molar-refractivity contribution in [3.05, 3.63) is 70.3 Å². The normalized spacial score (nSPS) is 12.3. The summed E-state index contributed by atoms with van der Waals surface area (Å²) in [7, 11) is 0. The number of fused-ring (bicyclic) bond motifs is 1. The van der Waals surface area contributed by atoms with Crippen LogP contribution in [0.15, 0.2) is 57.9 Å². The molecule has 0 aliphatic carbocycles. The fourth-order valence-corrected chi connectivity index (χ4v) is 2.26. The van der Waals surface area contributed by atoms with E-state index >= 15 is 0 Å². The van der Waals surface area contributed by atoms with Gasteiger partial charge in [-0.3, -0.25) is 4.98 Å². The summed E-state index contributed by atoms with van der Waals surface area (Å²) in [5.74, 6) is 0.648. The predicted octanol–water partition coefficient (Wildman–Crippen LogP) is 3.64. The lowest BCUT2D eigenvalue weighted by Crippen LogP contribution is -2.05. The van der Waals surface area contributed by atoms with Crippen molar-refractivity contribution < 1.29 is 9.15 Å². The highest BCUT2D eigenvalue weighted by Gasteiger charge is 2.10. The molecule has 4 nitrogen and oxygen atoms in total. The van der Waals surface area contributed by atoms with E-state index in [0.29, 0.717) is 11.3 Å². The van der Waals surface area contributed by atoms with Crippen LogP contribution in [0.25, 0.3) is 11.0 Å². The van der Waals surface area contributed by atoms with Gasteiger partial charge in [-0.05, 0) is 43.7 Å². The molecule has 0 saturated heterocycles. The van der Waals surface area contributed by atoms with Crippen LogP contribution in [-0.4, -0.2) is 4.98 Å². The minimum atomic E-state index is -0.352. The van der Waals surface area contributed by atoms with Gasteiger partial charge in [0.1, 0.15) is 17.4 Å². The minimum Gasteiger partial charge on any atom is -0.484 e. The highest BCUT2D eigenvalue weighted by Crippen LogP contribution is 2.25. The Hall–Kier alpha value is -2.62. The largest absolute Gasteiger partial charge is 0.484 e. The molecule has 2 aromatic heterocycles. The monoisotopic (exact) mass is 281 g/mol. The molecule has 0 radical (unpaired) electrons. The van der Waals surface area contributed by atoms with Gasteiger partial charge in [-0.2, -0.15) is 0 Å². The quantitative estimate of drug-likeness (QED) is 0.688. The molecule has 4 heteroatoms. The van der Waals surface area contributed by atoms with Crippen LogP contribution in [0.2, 0.25) is 0 Å². The molecule has 106 valence electrons. The number of hydrogen-bond donors (Lipinski definition) is 0. The van der Waals surface area contributed by atoms with E-state index in [0.717, 1.165) is 16.6 Å². The van der Waals surface area contributed by atoms with Crippen molar-refractivity contribution in [3.63, 3.8) is 0 Å². The number of rotatable bonds is 3. The molecule has 0 spiro atoms. The molecule has 1 atom stereocenters. The maximum atomic E-state index is 11.4. The van der Waals surface area contributed by atoms with Gasteiger partial charge >= 0.3 is 5.63 Å². The molecule has 3 rings (SSSR count). The third-order valence-corrected chi connectivity index (χ3v) is 3.34. The van der Waals surface area contributed by atoms with E-state index in [1.807, 2.05) is 44.2 Å². The molecular weight excluding hydrogens is 266 g/mol. The molecule has 2 heterocycles. The zero-order chi connectivity index (χ0) is 14.8. The second kappa shape index (κ2) is 5.40. The molecule has 21 heavy (non-hydrogen) atoms. The van der Waals surface area contributed by atoms with Crippen molar-refractivity contribution in [2.45, 2.75) is 20.0 Å². The molecule has 1 aromatic carbocycles. The SMILES string of the molecule is Cc1cc(=O)oc2cc(OC(C)c3ccccn3)ccc12. The van der Waals surface area contributed by atoms with Gasteiger partial charge in [-0.25, -0.2) is 4.79 Å². The van der Waals surface area contributed by atoms with Crippen molar-refractivity contribution in [3.8, 4) is 5.75 Å². The summed E-state index contributed by atoms with van der Waals surface area (Å²) >= 11 is 0. The molecule has 1 unspecified atom stereocenters. The van der Waals surface area contributed by atoms with Gasteiger partial charge < -0.3 is 9.15 Å². The topological polar surface area (TPSA) is 52.3 Å². The van der Waals surface area contributed by atoms with Gasteiger partial charge in [-0.15, -0.1) is 0 Å². The maximum absolute atomic E-state index is 11.4. The first kappa shape index (κ1) is 13.4. The van der Waals surface area contributed by atoms with Gasteiger partial charge in [0, 0.05) is 23.7 Å². The smallest absolute Gasteiger partial charge is 0.336 e. The zero-order valence-corrected chi connectivity index (χ0v) is 11.9. The van der Waals surface area contributed by atoms with Crippen molar-refractivity contribution in [1.82, 2.24) is 4.98 Å².